The predicted molar refractivity (Wildman–Crippen MR) is 105 cm³/mol. The van der Waals surface area contributed by atoms with Crippen LogP contribution in [0.2, 0.25) is 0 Å². The molecule has 0 aromatic heterocycles. The van der Waals surface area contributed by atoms with Gasteiger partial charge in [0.2, 0.25) is 0 Å². The minimum atomic E-state index is -0.734. The van der Waals surface area contributed by atoms with Gasteiger partial charge in [0.15, 0.2) is 0 Å². The standard InChI is InChI=1S/C21H44O4/c1-2-3-4-12-15-20(23)16-13-10-8-6-5-7-9-11-14-17-25-19-21(24)18-22/h20-24H,2-19H2,1H3. The lowest BCUT2D eigenvalue weighted by Gasteiger charge is -2.10. The van der Waals surface area contributed by atoms with Gasteiger partial charge in [-0.05, 0) is 19.3 Å². The van der Waals surface area contributed by atoms with Gasteiger partial charge in [0.1, 0.15) is 6.10 Å². The molecule has 152 valence electrons. The van der Waals surface area contributed by atoms with E-state index in [1.807, 2.05) is 0 Å². The van der Waals surface area contributed by atoms with Crippen LogP contribution in [0.5, 0.6) is 0 Å². The number of hydrogen-bond acceptors (Lipinski definition) is 4. The van der Waals surface area contributed by atoms with Gasteiger partial charge in [-0.3, -0.25) is 0 Å². The summed E-state index contributed by atoms with van der Waals surface area (Å²) in [6.07, 6.45) is 17.3. The maximum atomic E-state index is 9.92. The average Bonchev–Trinajstić information content (AvgIpc) is 2.62. The largest absolute Gasteiger partial charge is 0.394 e. The first kappa shape index (κ1) is 24.8. The van der Waals surface area contributed by atoms with Crippen molar-refractivity contribution in [3.63, 3.8) is 0 Å². The first-order valence-electron chi connectivity index (χ1n) is 10.8. The molecule has 0 rings (SSSR count). The van der Waals surface area contributed by atoms with Crippen LogP contribution in [-0.4, -0.2) is 47.3 Å². The third-order valence-corrected chi connectivity index (χ3v) is 4.74. The smallest absolute Gasteiger partial charge is 0.100 e. The van der Waals surface area contributed by atoms with Gasteiger partial charge < -0.3 is 20.1 Å². The lowest BCUT2D eigenvalue weighted by atomic mass is 10.0. The zero-order chi connectivity index (χ0) is 18.6. The van der Waals surface area contributed by atoms with Crippen molar-refractivity contribution in [3.05, 3.63) is 0 Å². The predicted octanol–water partition coefficient (Wildman–Crippen LogP) is 4.59. The van der Waals surface area contributed by atoms with Crippen molar-refractivity contribution >= 4 is 0 Å². The second-order valence-electron chi connectivity index (χ2n) is 7.39. The molecule has 2 unspecified atom stereocenters. The molecule has 0 fully saturated rings. The van der Waals surface area contributed by atoms with Crippen LogP contribution in [0.4, 0.5) is 0 Å². The van der Waals surface area contributed by atoms with Crippen LogP contribution < -0.4 is 0 Å². The summed E-state index contributed by atoms with van der Waals surface area (Å²) in [5, 5.41) is 27.7. The summed E-state index contributed by atoms with van der Waals surface area (Å²) in [6.45, 7) is 2.91. The number of aliphatic hydroxyl groups is 3. The zero-order valence-electron chi connectivity index (χ0n) is 16.6. The molecule has 2 atom stereocenters. The van der Waals surface area contributed by atoms with Crippen molar-refractivity contribution < 1.29 is 20.1 Å². The lowest BCUT2D eigenvalue weighted by Crippen LogP contribution is -2.19. The van der Waals surface area contributed by atoms with Crippen molar-refractivity contribution in [2.45, 2.75) is 115 Å². The maximum absolute atomic E-state index is 9.92. The molecular formula is C21H44O4. The topological polar surface area (TPSA) is 69.9 Å². The molecule has 0 amide bonds. The minimum Gasteiger partial charge on any atom is -0.394 e. The van der Waals surface area contributed by atoms with Crippen molar-refractivity contribution in [3.8, 4) is 0 Å². The van der Waals surface area contributed by atoms with Crippen LogP contribution in [0.15, 0.2) is 0 Å². The Morgan fingerprint density at radius 3 is 1.64 bits per heavy atom. The second-order valence-corrected chi connectivity index (χ2v) is 7.39. The molecule has 4 nitrogen and oxygen atoms in total. The number of unbranched alkanes of at least 4 members (excludes halogenated alkanes) is 11. The summed E-state index contributed by atoms with van der Waals surface area (Å²) in [5.41, 5.74) is 0. The Hall–Kier alpha value is -0.160. The van der Waals surface area contributed by atoms with Crippen molar-refractivity contribution in [1.82, 2.24) is 0 Å². The summed E-state index contributed by atoms with van der Waals surface area (Å²) < 4.78 is 5.28. The van der Waals surface area contributed by atoms with Gasteiger partial charge in [0.05, 0.1) is 19.3 Å². The van der Waals surface area contributed by atoms with Gasteiger partial charge >= 0.3 is 0 Å². The summed E-state index contributed by atoms with van der Waals surface area (Å²) >= 11 is 0. The van der Waals surface area contributed by atoms with Gasteiger partial charge in [0.25, 0.3) is 0 Å². The monoisotopic (exact) mass is 360 g/mol. The highest BCUT2D eigenvalue weighted by molar-refractivity contribution is 4.57. The first-order chi connectivity index (χ1) is 12.2. The van der Waals surface area contributed by atoms with Crippen LogP contribution in [-0.2, 0) is 4.74 Å². The maximum Gasteiger partial charge on any atom is 0.100 e. The molecular weight excluding hydrogens is 316 g/mol. The van der Waals surface area contributed by atoms with Crippen LogP contribution in [0.3, 0.4) is 0 Å². The van der Waals surface area contributed by atoms with E-state index >= 15 is 0 Å². The van der Waals surface area contributed by atoms with Crippen molar-refractivity contribution in [2.24, 2.45) is 0 Å². The van der Waals surface area contributed by atoms with Gasteiger partial charge in [0, 0.05) is 6.61 Å². The van der Waals surface area contributed by atoms with E-state index in [0.29, 0.717) is 6.61 Å². The van der Waals surface area contributed by atoms with Crippen molar-refractivity contribution in [1.29, 1.82) is 0 Å². The van der Waals surface area contributed by atoms with Crippen molar-refractivity contribution in [2.75, 3.05) is 19.8 Å². The fraction of sp³-hybridized carbons (Fsp3) is 1.00. The molecule has 0 aliphatic rings. The van der Waals surface area contributed by atoms with Gasteiger partial charge in [-0.15, -0.1) is 0 Å². The molecule has 0 aliphatic carbocycles. The van der Waals surface area contributed by atoms with Gasteiger partial charge in [-0.1, -0.05) is 84.0 Å². The summed E-state index contributed by atoms with van der Waals surface area (Å²) in [7, 11) is 0. The Bertz CT molecular complexity index is 248. The summed E-state index contributed by atoms with van der Waals surface area (Å²) in [4.78, 5) is 0. The minimum absolute atomic E-state index is 0.0717. The molecule has 0 spiro atoms. The Morgan fingerprint density at radius 1 is 0.640 bits per heavy atom. The molecule has 0 bridgehead atoms. The van der Waals surface area contributed by atoms with E-state index in [1.165, 1.54) is 77.0 Å². The molecule has 0 aromatic rings. The molecule has 0 saturated heterocycles. The normalized spacial score (nSPS) is 13.9. The number of aliphatic hydroxyl groups excluding tert-OH is 3. The van der Waals surface area contributed by atoms with E-state index < -0.39 is 6.10 Å². The Morgan fingerprint density at radius 2 is 1.12 bits per heavy atom. The molecule has 0 aliphatic heterocycles. The van der Waals surface area contributed by atoms with E-state index in [0.717, 1.165) is 19.3 Å². The quantitative estimate of drug-likeness (QED) is 0.278. The van der Waals surface area contributed by atoms with Crippen LogP contribution in [0.25, 0.3) is 0 Å². The highest BCUT2D eigenvalue weighted by atomic mass is 16.5. The third-order valence-electron chi connectivity index (χ3n) is 4.74. The number of hydrogen-bond donors (Lipinski definition) is 3. The molecule has 0 heterocycles. The van der Waals surface area contributed by atoms with Crippen LogP contribution in [0.1, 0.15) is 103 Å². The van der Waals surface area contributed by atoms with Crippen LogP contribution >= 0.6 is 0 Å². The fourth-order valence-corrected chi connectivity index (χ4v) is 3.04. The first-order valence-corrected chi connectivity index (χ1v) is 10.8. The average molecular weight is 361 g/mol. The Kier molecular flexibility index (Phi) is 20.0. The fourth-order valence-electron chi connectivity index (χ4n) is 3.04. The van der Waals surface area contributed by atoms with E-state index in [2.05, 4.69) is 6.92 Å². The third kappa shape index (κ3) is 20.0. The molecule has 0 radical (unpaired) electrons. The van der Waals surface area contributed by atoms with E-state index in [-0.39, 0.29) is 19.3 Å². The highest BCUT2D eigenvalue weighted by Crippen LogP contribution is 2.14. The number of ether oxygens (including phenoxy) is 1. The molecule has 4 heteroatoms. The van der Waals surface area contributed by atoms with E-state index in [9.17, 15) is 5.11 Å². The summed E-state index contributed by atoms with van der Waals surface area (Å²) in [5.74, 6) is 0. The second kappa shape index (κ2) is 20.2. The molecule has 0 aromatic carbocycles. The lowest BCUT2D eigenvalue weighted by molar-refractivity contribution is 0.00526. The van der Waals surface area contributed by atoms with E-state index in [4.69, 9.17) is 14.9 Å². The molecule has 0 saturated carbocycles. The molecule has 25 heavy (non-hydrogen) atoms. The Labute approximate surface area is 156 Å². The van der Waals surface area contributed by atoms with Gasteiger partial charge in [-0.2, -0.15) is 0 Å². The SMILES string of the molecule is CCCCCCC(O)CCCCCCCCCCCOCC(O)CO. The molecule has 3 N–H and O–H groups in total. The highest BCUT2D eigenvalue weighted by Gasteiger charge is 2.03. The van der Waals surface area contributed by atoms with E-state index in [1.54, 1.807) is 0 Å². The number of rotatable bonds is 20. The van der Waals surface area contributed by atoms with Gasteiger partial charge in [-0.25, -0.2) is 0 Å². The van der Waals surface area contributed by atoms with Crippen LogP contribution in [0, 0.1) is 0 Å². The summed E-state index contributed by atoms with van der Waals surface area (Å²) in [6, 6.07) is 0. The Balaban J connectivity index is 3.11. The zero-order valence-corrected chi connectivity index (χ0v) is 16.6.